The van der Waals surface area contributed by atoms with E-state index < -0.39 is 30.2 Å². The van der Waals surface area contributed by atoms with Gasteiger partial charge in [-0.3, -0.25) is 4.79 Å². The van der Waals surface area contributed by atoms with Crippen molar-refractivity contribution in [3.8, 4) is 0 Å². The smallest absolute Gasteiger partial charge is 0.407 e. The molecular weight excluding hydrogens is 572 g/mol. The Labute approximate surface area is 251 Å². The summed E-state index contributed by atoms with van der Waals surface area (Å²) in [5.41, 5.74) is 0.480. The fourth-order valence-electron chi connectivity index (χ4n) is 2.82. The monoisotopic (exact) mass is 617 g/mol. The average molecular weight is 618 g/mol. The summed E-state index contributed by atoms with van der Waals surface area (Å²) < 4.78 is 30.4. The van der Waals surface area contributed by atoms with Gasteiger partial charge in [-0.15, -0.1) is 0 Å². The number of carbonyl (C=O) groups is 6. The van der Waals surface area contributed by atoms with Crippen molar-refractivity contribution in [2.45, 2.75) is 27.2 Å². The molecule has 0 aliphatic carbocycles. The number of carbonyl (C=O) groups excluding carboxylic acids is 6. The van der Waals surface area contributed by atoms with Gasteiger partial charge in [0, 0.05) is 17.6 Å². The van der Waals surface area contributed by atoms with E-state index in [0.717, 1.165) is 0 Å². The molecule has 0 fully saturated rings. The molecule has 3 N–H and O–H groups in total. The first-order valence-corrected chi connectivity index (χ1v) is 13.7. The molecule has 0 unspecified atom stereocenters. The number of alkyl carbamates (subject to hydrolysis) is 3. The number of quaternary nitrogens is 1. The Morgan fingerprint density at radius 3 is 1.19 bits per heavy atom. The molecule has 0 rings (SSSR count). The summed E-state index contributed by atoms with van der Waals surface area (Å²) in [6.45, 7) is 12.4. The molecule has 0 radical (unpaired) electrons. The van der Waals surface area contributed by atoms with Gasteiger partial charge in [0.15, 0.2) is 0 Å². The van der Waals surface area contributed by atoms with Gasteiger partial charge in [0.1, 0.15) is 59.3 Å². The number of likely N-dealkylation sites (N-methyl/N-ethyl adjacent to an activating group) is 1. The fourth-order valence-corrected chi connectivity index (χ4v) is 2.82. The van der Waals surface area contributed by atoms with Crippen LogP contribution in [0, 0.1) is 0 Å². The number of nitrogens with one attached hydrogen (secondary N) is 3. The highest BCUT2D eigenvalue weighted by Gasteiger charge is 2.24. The molecule has 0 aliphatic heterocycles. The van der Waals surface area contributed by atoms with Crippen molar-refractivity contribution in [1.29, 1.82) is 0 Å². The largest absolute Gasteiger partial charge is 0.464 e. The lowest BCUT2D eigenvalue weighted by Gasteiger charge is -2.33. The van der Waals surface area contributed by atoms with E-state index in [2.05, 4.69) is 29.1 Å². The van der Waals surface area contributed by atoms with Crippen LogP contribution in [0.3, 0.4) is 0 Å². The van der Waals surface area contributed by atoms with Crippen LogP contribution in [0.5, 0.6) is 0 Å². The highest BCUT2D eigenvalue weighted by Crippen LogP contribution is 2.04. The Bertz CT molecular complexity index is 918. The Balaban J connectivity index is 4.68. The maximum absolute atomic E-state index is 12.0. The Morgan fingerprint density at radius 2 is 0.884 bits per heavy atom. The fraction of sp³-hybridized carbons (Fsp3) is 0.630. The van der Waals surface area contributed by atoms with Gasteiger partial charge in [0.25, 0.3) is 0 Å². The van der Waals surface area contributed by atoms with Gasteiger partial charge in [-0.25, -0.2) is 24.0 Å². The first-order chi connectivity index (χ1) is 20.3. The quantitative estimate of drug-likeness (QED) is 0.0540. The van der Waals surface area contributed by atoms with Crippen LogP contribution in [0.15, 0.2) is 24.3 Å². The number of amides is 3. The van der Waals surface area contributed by atoms with Crippen LogP contribution >= 0.6 is 0 Å². The van der Waals surface area contributed by atoms with Gasteiger partial charge >= 0.3 is 36.2 Å². The number of hydrogen-bond acceptors (Lipinski definition) is 12. The standard InChI is InChI=1S/C27H44N4O12/c1-7-22(32)38-14-8-28-25(35)41-17-11-31(6,12-18-42-26(36)29-9-15-39-23(33)20(2)3)13-19-43-27(37)30-10-16-40-24(34)21(4)5/h2,4,7-19H2,1,3,5-6H3,(H2-,28,29,30,35,36,37)/p+1. The van der Waals surface area contributed by atoms with Crippen molar-refractivity contribution < 1.29 is 61.7 Å². The number of nitrogens with zero attached hydrogens (tertiary/aromatic N) is 1. The predicted molar refractivity (Wildman–Crippen MR) is 152 cm³/mol. The zero-order chi connectivity index (χ0) is 32.7. The van der Waals surface area contributed by atoms with Crippen molar-refractivity contribution in [3.05, 3.63) is 24.3 Å². The summed E-state index contributed by atoms with van der Waals surface area (Å²) >= 11 is 0. The van der Waals surface area contributed by atoms with Crippen LogP contribution in [-0.4, -0.2) is 127 Å². The molecule has 16 heteroatoms. The van der Waals surface area contributed by atoms with Gasteiger partial charge in [-0.1, -0.05) is 20.1 Å². The van der Waals surface area contributed by atoms with Gasteiger partial charge in [0.2, 0.25) is 0 Å². The number of esters is 3. The van der Waals surface area contributed by atoms with Crippen molar-refractivity contribution >= 4 is 36.2 Å². The summed E-state index contributed by atoms with van der Waals surface area (Å²) in [4.78, 5) is 69.8. The third kappa shape index (κ3) is 21.1. The molecule has 16 nitrogen and oxygen atoms in total. The van der Waals surface area contributed by atoms with Crippen molar-refractivity contribution in [1.82, 2.24) is 16.0 Å². The Kier molecular flexibility index (Phi) is 20.0. The summed E-state index contributed by atoms with van der Waals surface area (Å²) in [5, 5.41) is 7.37. The van der Waals surface area contributed by atoms with E-state index in [0.29, 0.717) is 0 Å². The highest BCUT2D eigenvalue weighted by molar-refractivity contribution is 5.87. The molecule has 0 aromatic heterocycles. The highest BCUT2D eigenvalue weighted by atomic mass is 16.6. The van der Waals surface area contributed by atoms with Crippen LogP contribution in [-0.2, 0) is 42.8 Å². The van der Waals surface area contributed by atoms with Crippen LogP contribution in [0.25, 0.3) is 0 Å². The predicted octanol–water partition coefficient (Wildman–Crippen LogP) is 0.803. The maximum Gasteiger partial charge on any atom is 0.407 e. The first kappa shape index (κ1) is 38.7. The maximum atomic E-state index is 12.0. The molecule has 0 aliphatic rings. The topological polar surface area (TPSA) is 194 Å². The second-order valence-corrected chi connectivity index (χ2v) is 9.38. The zero-order valence-electron chi connectivity index (χ0n) is 25.5. The van der Waals surface area contributed by atoms with Gasteiger partial charge in [0.05, 0.1) is 26.7 Å². The Hall–Kier alpha value is -4.34. The summed E-state index contributed by atoms with van der Waals surface area (Å²) in [6.07, 6.45) is -1.92. The van der Waals surface area contributed by atoms with Crippen LogP contribution in [0.2, 0.25) is 0 Å². The van der Waals surface area contributed by atoms with Crippen molar-refractivity contribution in [2.75, 3.05) is 86.0 Å². The molecule has 0 aromatic carbocycles. The van der Waals surface area contributed by atoms with Gasteiger partial charge in [-0.05, 0) is 13.8 Å². The molecule has 244 valence electrons. The minimum Gasteiger partial charge on any atom is -0.464 e. The molecule has 0 saturated heterocycles. The minimum atomic E-state index is -0.722. The van der Waals surface area contributed by atoms with Gasteiger partial charge in [-0.2, -0.15) is 0 Å². The third-order valence-corrected chi connectivity index (χ3v) is 5.42. The molecule has 0 aromatic rings. The lowest BCUT2D eigenvalue weighted by atomic mass is 10.3. The molecule has 3 amide bonds. The molecule has 0 bridgehead atoms. The second kappa shape index (κ2) is 22.3. The lowest BCUT2D eigenvalue weighted by Crippen LogP contribution is -2.51. The number of ether oxygens (including phenoxy) is 6. The van der Waals surface area contributed by atoms with E-state index >= 15 is 0 Å². The molecule has 0 heterocycles. The van der Waals surface area contributed by atoms with Gasteiger partial charge < -0.3 is 48.9 Å². The summed E-state index contributed by atoms with van der Waals surface area (Å²) in [5.74, 6) is -1.52. The first-order valence-electron chi connectivity index (χ1n) is 13.7. The van der Waals surface area contributed by atoms with Crippen LogP contribution in [0.4, 0.5) is 14.4 Å². The van der Waals surface area contributed by atoms with E-state index in [-0.39, 0.29) is 107 Å². The van der Waals surface area contributed by atoms with Crippen LogP contribution < -0.4 is 16.0 Å². The molecule has 0 saturated carbocycles. The number of rotatable bonds is 21. The van der Waals surface area contributed by atoms with E-state index in [1.165, 1.54) is 13.8 Å². The Morgan fingerprint density at radius 1 is 0.558 bits per heavy atom. The minimum absolute atomic E-state index is 0.0149. The lowest BCUT2D eigenvalue weighted by molar-refractivity contribution is -0.909. The van der Waals surface area contributed by atoms with E-state index in [4.69, 9.17) is 28.4 Å². The van der Waals surface area contributed by atoms with Crippen LogP contribution in [0.1, 0.15) is 27.2 Å². The van der Waals surface area contributed by atoms with E-state index in [1.54, 1.807) is 14.0 Å². The molecule has 0 atom stereocenters. The SMILES string of the molecule is C=C(C)C(=O)OCCNC(=O)OCC[N+](C)(CCOC(=O)NCCOC(=O)CC)CCOC(=O)NCCOC(=O)C(=C)C. The number of hydrogen-bond donors (Lipinski definition) is 3. The van der Waals surface area contributed by atoms with Crippen molar-refractivity contribution in [3.63, 3.8) is 0 Å². The average Bonchev–Trinajstić information content (AvgIpc) is 2.95. The van der Waals surface area contributed by atoms with Crippen molar-refractivity contribution in [2.24, 2.45) is 0 Å². The molecule has 0 spiro atoms. The normalized spacial score (nSPS) is 10.4. The summed E-state index contributed by atoms with van der Waals surface area (Å²) in [7, 11) is 1.79. The van der Waals surface area contributed by atoms with E-state index in [9.17, 15) is 28.8 Å². The second-order valence-electron chi connectivity index (χ2n) is 9.38. The molecule has 43 heavy (non-hydrogen) atoms. The zero-order valence-corrected chi connectivity index (χ0v) is 25.5. The third-order valence-electron chi connectivity index (χ3n) is 5.42. The van der Waals surface area contributed by atoms with E-state index in [1.807, 2.05) is 0 Å². The molecular formula is C27H45N4O12+. The summed E-state index contributed by atoms with van der Waals surface area (Å²) in [6, 6.07) is 0.